The minimum Gasteiger partial charge on any atom is -0.323 e. The SMILES string of the molecule is CC1OC(CC(=O)N(c2cc(F)cc(F)c2)C2CN(C(c3ccc(Cl)cc3)c3ccc(Cl)cc3)C2)O1. The van der Waals surface area contributed by atoms with E-state index in [0.717, 1.165) is 17.2 Å². The Kier molecular flexibility index (Phi) is 7.28. The van der Waals surface area contributed by atoms with Crippen LogP contribution in [0.25, 0.3) is 0 Å². The summed E-state index contributed by atoms with van der Waals surface area (Å²) in [6.07, 6.45) is -1.08. The standard InChI is InChI=1S/C27H24Cl2F2N2O3/c1-16-35-26(36-16)13-25(34)33(23-11-21(30)10-22(31)12-23)24-14-32(15-24)27(17-2-6-19(28)7-3-17)18-4-8-20(29)9-5-18/h2-12,16,24,26-27H,13-15H2,1H3. The quantitative estimate of drug-likeness (QED) is 0.364. The summed E-state index contributed by atoms with van der Waals surface area (Å²) in [5, 5.41) is 1.27. The van der Waals surface area contributed by atoms with Crippen molar-refractivity contribution in [3.8, 4) is 0 Å². The van der Waals surface area contributed by atoms with Gasteiger partial charge in [-0.2, -0.15) is 0 Å². The number of carbonyl (C=O) groups excluding carboxylic acids is 1. The van der Waals surface area contributed by atoms with E-state index in [4.69, 9.17) is 32.7 Å². The number of likely N-dealkylation sites (tertiary alicyclic amines) is 1. The molecule has 0 aromatic heterocycles. The molecule has 0 saturated carbocycles. The summed E-state index contributed by atoms with van der Waals surface area (Å²) in [6, 6.07) is 17.9. The van der Waals surface area contributed by atoms with Crippen LogP contribution in [-0.4, -0.2) is 42.5 Å². The van der Waals surface area contributed by atoms with Crippen molar-refractivity contribution in [2.45, 2.75) is 38.0 Å². The molecule has 9 heteroatoms. The predicted octanol–water partition coefficient (Wildman–Crippen LogP) is 6.19. The summed E-state index contributed by atoms with van der Waals surface area (Å²) in [4.78, 5) is 16.9. The Morgan fingerprint density at radius 1 is 0.944 bits per heavy atom. The van der Waals surface area contributed by atoms with Gasteiger partial charge >= 0.3 is 0 Å². The molecule has 36 heavy (non-hydrogen) atoms. The van der Waals surface area contributed by atoms with Crippen molar-refractivity contribution in [3.63, 3.8) is 0 Å². The average Bonchev–Trinajstić information content (AvgIpc) is 2.78. The van der Waals surface area contributed by atoms with E-state index in [1.165, 1.54) is 17.0 Å². The minimum atomic E-state index is -0.746. The van der Waals surface area contributed by atoms with E-state index in [2.05, 4.69) is 4.90 Å². The molecule has 0 N–H and O–H groups in total. The molecule has 2 saturated heterocycles. The van der Waals surface area contributed by atoms with Gasteiger partial charge in [0.15, 0.2) is 12.6 Å². The van der Waals surface area contributed by atoms with Crippen LogP contribution in [0.15, 0.2) is 66.7 Å². The van der Waals surface area contributed by atoms with Crippen molar-refractivity contribution < 1.29 is 23.0 Å². The van der Waals surface area contributed by atoms with Gasteiger partial charge in [0.1, 0.15) is 11.6 Å². The van der Waals surface area contributed by atoms with Gasteiger partial charge in [0, 0.05) is 34.9 Å². The molecule has 2 aliphatic heterocycles. The fraction of sp³-hybridized carbons (Fsp3) is 0.296. The smallest absolute Gasteiger partial charge is 0.232 e. The number of nitrogens with zero attached hydrogens (tertiary/aromatic N) is 2. The highest BCUT2D eigenvalue weighted by Crippen LogP contribution is 2.36. The maximum absolute atomic E-state index is 14.1. The second-order valence-electron chi connectivity index (χ2n) is 8.98. The lowest BCUT2D eigenvalue weighted by Gasteiger charge is -2.49. The molecule has 1 amide bonds. The molecule has 0 radical (unpaired) electrons. The van der Waals surface area contributed by atoms with Gasteiger partial charge in [-0.15, -0.1) is 0 Å². The second kappa shape index (κ2) is 10.4. The molecule has 0 spiro atoms. The Hall–Kier alpha value is -2.55. The number of hydrogen-bond donors (Lipinski definition) is 0. The summed E-state index contributed by atoms with van der Waals surface area (Å²) < 4.78 is 39.0. The first kappa shape index (κ1) is 25.1. The van der Waals surface area contributed by atoms with Gasteiger partial charge in [-0.3, -0.25) is 9.69 Å². The third-order valence-electron chi connectivity index (χ3n) is 6.41. The number of ether oxygens (including phenoxy) is 2. The number of rotatable bonds is 7. The number of amides is 1. The van der Waals surface area contributed by atoms with Crippen molar-refractivity contribution in [2.75, 3.05) is 18.0 Å². The molecule has 5 nitrogen and oxygen atoms in total. The molecule has 0 unspecified atom stereocenters. The Balaban J connectivity index is 1.40. The molecule has 188 valence electrons. The van der Waals surface area contributed by atoms with Gasteiger partial charge in [0.2, 0.25) is 5.91 Å². The molecule has 0 bridgehead atoms. The first-order valence-corrected chi connectivity index (χ1v) is 12.4. The van der Waals surface area contributed by atoms with E-state index < -0.39 is 17.9 Å². The van der Waals surface area contributed by atoms with Crippen molar-refractivity contribution in [1.82, 2.24) is 4.90 Å². The van der Waals surface area contributed by atoms with E-state index in [1.807, 2.05) is 48.5 Å². The maximum Gasteiger partial charge on any atom is 0.232 e. The van der Waals surface area contributed by atoms with Gasteiger partial charge < -0.3 is 14.4 Å². The maximum atomic E-state index is 14.1. The third-order valence-corrected chi connectivity index (χ3v) is 6.92. The monoisotopic (exact) mass is 532 g/mol. The van der Waals surface area contributed by atoms with Gasteiger partial charge in [-0.05, 0) is 54.4 Å². The van der Waals surface area contributed by atoms with Crippen molar-refractivity contribution in [1.29, 1.82) is 0 Å². The zero-order valence-corrected chi connectivity index (χ0v) is 20.9. The van der Waals surface area contributed by atoms with E-state index in [1.54, 1.807) is 6.92 Å². The van der Waals surface area contributed by atoms with Gasteiger partial charge in [-0.25, -0.2) is 8.78 Å². The minimum absolute atomic E-state index is 0.0449. The van der Waals surface area contributed by atoms with Crippen molar-refractivity contribution in [2.24, 2.45) is 0 Å². The molecule has 3 aromatic rings. The number of halogens is 4. The summed E-state index contributed by atoms with van der Waals surface area (Å²) >= 11 is 12.2. The Labute approximate surface area is 218 Å². The van der Waals surface area contributed by atoms with E-state index >= 15 is 0 Å². The normalized spacial score (nSPS) is 20.2. The van der Waals surface area contributed by atoms with E-state index in [0.29, 0.717) is 23.1 Å². The van der Waals surface area contributed by atoms with Crippen LogP contribution in [-0.2, 0) is 14.3 Å². The van der Waals surface area contributed by atoms with Crippen LogP contribution < -0.4 is 4.90 Å². The molecule has 0 aliphatic carbocycles. The molecular formula is C27H24Cl2F2N2O3. The highest BCUT2D eigenvalue weighted by Gasteiger charge is 2.41. The molecular weight excluding hydrogens is 509 g/mol. The van der Waals surface area contributed by atoms with E-state index in [-0.39, 0.29) is 36.4 Å². The lowest BCUT2D eigenvalue weighted by Crippen LogP contribution is -2.62. The van der Waals surface area contributed by atoms with Gasteiger partial charge in [0.05, 0.1) is 18.5 Å². The molecule has 2 fully saturated rings. The fourth-order valence-corrected chi connectivity index (χ4v) is 5.03. The van der Waals surface area contributed by atoms with Crippen LogP contribution in [0, 0.1) is 11.6 Å². The van der Waals surface area contributed by atoms with Crippen molar-refractivity contribution in [3.05, 3.63) is 99.5 Å². The number of hydrogen-bond acceptors (Lipinski definition) is 4. The molecule has 3 aromatic carbocycles. The summed E-state index contributed by atoms with van der Waals surface area (Å²) in [7, 11) is 0. The lowest BCUT2D eigenvalue weighted by molar-refractivity contribution is -0.373. The van der Waals surface area contributed by atoms with Crippen LogP contribution in [0.1, 0.15) is 30.5 Å². The molecule has 2 aliphatic rings. The zero-order valence-electron chi connectivity index (χ0n) is 19.4. The number of carbonyl (C=O) groups is 1. The topological polar surface area (TPSA) is 42.0 Å². The first-order chi connectivity index (χ1) is 17.3. The zero-order chi connectivity index (χ0) is 25.4. The molecule has 2 heterocycles. The number of anilines is 1. The molecule has 5 rings (SSSR count). The first-order valence-electron chi connectivity index (χ1n) is 11.6. The highest BCUT2D eigenvalue weighted by atomic mass is 35.5. The average molecular weight is 533 g/mol. The van der Waals surface area contributed by atoms with Crippen LogP contribution >= 0.6 is 23.2 Å². The summed E-state index contributed by atoms with van der Waals surface area (Å²) in [5.74, 6) is -1.82. The largest absolute Gasteiger partial charge is 0.323 e. The fourth-order valence-electron chi connectivity index (χ4n) is 4.78. The summed E-state index contributed by atoms with van der Waals surface area (Å²) in [5.41, 5.74) is 2.23. The number of benzene rings is 3. The van der Waals surface area contributed by atoms with Crippen LogP contribution in [0.2, 0.25) is 10.0 Å². The predicted molar refractivity (Wildman–Crippen MR) is 134 cm³/mol. The summed E-state index contributed by atoms with van der Waals surface area (Å²) in [6.45, 7) is 2.71. The Morgan fingerprint density at radius 3 is 1.92 bits per heavy atom. The van der Waals surface area contributed by atoms with Crippen LogP contribution in [0.3, 0.4) is 0 Å². The Morgan fingerprint density at radius 2 is 1.44 bits per heavy atom. The van der Waals surface area contributed by atoms with Crippen LogP contribution in [0.5, 0.6) is 0 Å². The lowest BCUT2D eigenvalue weighted by atomic mass is 9.92. The van der Waals surface area contributed by atoms with E-state index in [9.17, 15) is 13.6 Å². The highest BCUT2D eigenvalue weighted by molar-refractivity contribution is 6.30. The van der Waals surface area contributed by atoms with Gasteiger partial charge in [0.25, 0.3) is 0 Å². The Bertz CT molecular complexity index is 1170. The van der Waals surface area contributed by atoms with Gasteiger partial charge in [-0.1, -0.05) is 47.5 Å². The second-order valence-corrected chi connectivity index (χ2v) is 9.85. The van der Waals surface area contributed by atoms with Crippen molar-refractivity contribution >= 4 is 34.8 Å². The molecule has 0 atom stereocenters. The van der Waals surface area contributed by atoms with Crippen LogP contribution in [0.4, 0.5) is 14.5 Å². The third kappa shape index (κ3) is 5.41.